The molecule has 2 amide bonds. The van der Waals surface area contributed by atoms with Crippen molar-refractivity contribution in [3.63, 3.8) is 0 Å². The largest absolute Gasteiger partial charge is 0.493 e. The molecule has 0 spiro atoms. The Bertz CT molecular complexity index is 2000. The summed E-state index contributed by atoms with van der Waals surface area (Å²) in [4.78, 5) is 52.3. The maximum atomic E-state index is 13.9. The number of benzene rings is 2. The Kier molecular flexibility index (Phi) is 10.4. The van der Waals surface area contributed by atoms with Crippen LogP contribution in [-0.4, -0.2) is 60.3 Å². The summed E-state index contributed by atoms with van der Waals surface area (Å²) < 4.78 is 20.2. The van der Waals surface area contributed by atoms with E-state index >= 15 is 0 Å². The second-order valence-corrected chi connectivity index (χ2v) is 12.7. The number of nitrogens with one attached hydrogen (secondary N) is 3. The summed E-state index contributed by atoms with van der Waals surface area (Å²) in [6, 6.07) is 11.0. The summed E-state index contributed by atoms with van der Waals surface area (Å²) in [5.74, 6) is 1.50. The lowest BCUT2D eigenvalue weighted by Crippen LogP contribution is -2.36. The number of fused-ring (bicyclic) bond motifs is 4. The van der Waals surface area contributed by atoms with Crippen molar-refractivity contribution < 1.29 is 23.8 Å². The van der Waals surface area contributed by atoms with Gasteiger partial charge in [-0.05, 0) is 84.4 Å². The van der Waals surface area contributed by atoms with Gasteiger partial charge in [0.2, 0.25) is 23.0 Å². The van der Waals surface area contributed by atoms with Crippen LogP contribution in [0.1, 0.15) is 36.9 Å². The van der Waals surface area contributed by atoms with Crippen LogP contribution in [0.4, 0.5) is 11.4 Å². The molecule has 1 aliphatic rings. The number of rotatable bonds is 11. The van der Waals surface area contributed by atoms with Gasteiger partial charge < -0.3 is 30.2 Å². The molecule has 1 aliphatic carbocycles. The molecule has 48 heavy (non-hydrogen) atoms. The number of hydrogen-bond acceptors (Lipinski definition) is 9. The minimum Gasteiger partial charge on any atom is -0.493 e. The Morgan fingerprint density at radius 1 is 0.958 bits per heavy atom. The van der Waals surface area contributed by atoms with Crippen molar-refractivity contribution in [3.8, 4) is 28.4 Å². The molecule has 0 saturated heterocycles. The maximum absolute atomic E-state index is 13.9. The molecule has 1 aromatic heterocycles. The molecular weight excluding hydrogens is 634 g/mol. The Morgan fingerprint density at radius 3 is 2.35 bits per heavy atom. The predicted molar refractivity (Wildman–Crippen MR) is 190 cm³/mol. The average molecular weight is 676 g/mol. The number of anilines is 2. The SMILES string of the molecule is COc1cc2c(c(OC)c1OC)-c1ccc(N[C@@H](CCSC)C(=O)Nc3ccc4c(c3)n(C)c(=O)n4C)c(=O)cc1[C@@H](NC(C)=O)CC2. The fraction of sp³-hybridized carbons (Fsp3) is 0.371. The quantitative estimate of drug-likeness (QED) is 0.213. The van der Waals surface area contributed by atoms with Crippen molar-refractivity contribution in [3.05, 3.63) is 74.3 Å². The Morgan fingerprint density at radius 2 is 1.69 bits per heavy atom. The summed E-state index contributed by atoms with van der Waals surface area (Å²) in [6.45, 7) is 1.45. The van der Waals surface area contributed by atoms with Gasteiger partial charge >= 0.3 is 5.69 Å². The molecule has 0 radical (unpaired) electrons. The highest BCUT2D eigenvalue weighted by Gasteiger charge is 2.30. The first kappa shape index (κ1) is 34.4. The smallest absolute Gasteiger partial charge is 0.328 e. The molecule has 0 bridgehead atoms. The highest BCUT2D eigenvalue weighted by atomic mass is 32.2. The van der Waals surface area contributed by atoms with Gasteiger partial charge in [0.25, 0.3) is 0 Å². The lowest BCUT2D eigenvalue weighted by atomic mass is 9.95. The van der Waals surface area contributed by atoms with E-state index in [9.17, 15) is 19.2 Å². The predicted octanol–water partition coefficient (Wildman–Crippen LogP) is 4.23. The van der Waals surface area contributed by atoms with Crippen LogP contribution >= 0.6 is 11.8 Å². The second-order valence-electron chi connectivity index (χ2n) is 11.7. The lowest BCUT2D eigenvalue weighted by molar-refractivity contribution is -0.120. The molecule has 254 valence electrons. The number of amides is 2. The van der Waals surface area contributed by atoms with E-state index in [4.69, 9.17) is 14.2 Å². The number of carbonyl (C=O) groups is 2. The zero-order chi connectivity index (χ0) is 34.7. The molecule has 0 fully saturated rings. The fourth-order valence-electron chi connectivity index (χ4n) is 6.33. The summed E-state index contributed by atoms with van der Waals surface area (Å²) in [5, 5.41) is 9.19. The number of thioether (sulfide) groups is 1. The molecule has 1 heterocycles. The lowest BCUT2D eigenvalue weighted by Gasteiger charge is -2.19. The monoisotopic (exact) mass is 675 g/mol. The van der Waals surface area contributed by atoms with E-state index in [2.05, 4.69) is 16.0 Å². The van der Waals surface area contributed by atoms with E-state index in [1.807, 2.05) is 18.4 Å². The van der Waals surface area contributed by atoms with Gasteiger partial charge in [-0.15, -0.1) is 0 Å². The van der Waals surface area contributed by atoms with Crippen molar-refractivity contribution in [2.45, 2.75) is 38.3 Å². The first-order valence-electron chi connectivity index (χ1n) is 15.5. The number of hydrogen-bond donors (Lipinski definition) is 3. The third-order valence-electron chi connectivity index (χ3n) is 8.71. The van der Waals surface area contributed by atoms with Crippen LogP contribution in [0.2, 0.25) is 0 Å². The topological polar surface area (TPSA) is 142 Å². The number of ether oxygens (including phenoxy) is 3. The molecule has 2 atom stereocenters. The van der Waals surface area contributed by atoms with Gasteiger partial charge in [0.05, 0.1) is 44.1 Å². The number of nitrogens with zero attached hydrogens (tertiary/aromatic N) is 2. The first-order chi connectivity index (χ1) is 23.0. The van der Waals surface area contributed by atoms with Crippen LogP contribution < -0.4 is 41.3 Å². The third kappa shape index (κ3) is 6.59. The minimum atomic E-state index is -0.750. The minimum absolute atomic E-state index is 0.162. The van der Waals surface area contributed by atoms with Crippen LogP contribution in [0.25, 0.3) is 22.2 Å². The van der Waals surface area contributed by atoms with Crippen molar-refractivity contribution in [2.75, 3.05) is 44.0 Å². The van der Waals surface area contributed by atoms with Crippen LogP contribution in [-0.2, 0) is 30.1 Å². The Balaban J connectivity index is 1.57. The van der Waals surface area contributed by atoms with E-state index in [-0.39, 0.29) is 28.6 Å². The van der Waals surface area contributed by atoms with Crippen LogP contribution in [0.3, 0.4) is 0 Å². The normalized spacial score (nSPS) is 14.3. The van der Waals surface area contributed by atoms with Gasteiger partial charge in [0.1, 0.15) is 6.04 Å². The standard InChI is InChI=1S/C35H41N5O7S/c1-19(41)36-24-11-8-20-16-30(45-4)32(46-5)33(47-6)31(20)22-10-12-25(29(42)18-23(22)24)38-26(14-15-48-7)34(43)37-21-9-13-27-28(17-21)40(3)35(44)39(27)2/h9-10,12-13,16-18,24,26H,8,11,14-15H2,1-7H3,(H,36,41)(H,37,43)(H,38,42)/t24-,26-/m0/s1. The number of aryl methyl sites for hydroxylation is 3. The van der Waals surface area contributed by atoms with Gasteiger partial charge in [-0.2, -0.15) is 11.8 Å². The average Bonchev–Trinajstić information content (AvgIpc) is 3.18. The molecule has 0 aliphatic heterocycles. The van der Waals surface area contributed by atoms with Gasteiger partial charge in [0, 0.05) is 32.3 Å². The second kappa shape index (κ2) is 14.5. The van der Waals surface area contributed by atoms with Crippen molar-refractivity contribution in [1.29, 1.82) is 0 Å². The zero-order valence-corrected chi connectivity index (χ0v) is 29.0. The molecule has 12 nitrogen and oxygen atoms in total. The summed E-state index contributed by atoms with van der Waals surface area (Å²) in [6.07, 6.45) is 3.50. The molecule has 3 aromatic carbocycles. The summed E-state index contributed by atoms with van der Waals surface area (Å²) in [5.41, 5.74) is 4.66. The van der Waals surface area contributed by atoms with Crippen LogP contribution in [0.15, 0.2) is 52.1 Å². The summed E-state index contributed by atoms with van der Waals surface area (Å²) in [7, 11) is 8.02. The van der Waals surface area contributed by atoms with Gasteiger partial charge in [0.15, 0.2) is 11.5 Å². The van der Waals surface area contributed by atoms with Crippen LogP contribution in [0.5, 0.6) is 17.2 Å². The molecule has 3 N–H and O–H groups in total. The van der Waals surface area contributed by atoms with E-state index in [1.165, 1.54) is 24.7 Å². The molecule has 0 saturated carbocycles. The zero-order valence-electron chi connectivity index (χ0n) is 28.2. The first-order valence-corrected chi connectivity index (χ1v) is 16.9. The van der Waals surface area contributed by atoms with Gasteiger partial charge in [-0.3, -0.25) is 23.5 Å². The van der Waals surface area contributed by atoms with Crippen LogP contribution in [0, 0.1) is 0 Å². The van der Waals surface area contributed by atoms with E-state index in [0.717, 1.165) is 16.6 Å². The number of carbonyl (C=O) groups excluding carboxylic acids is 2. The van der Waals surface area contributed by atoms with Crippen molar-refractivity contribution >= 4 is 46.0 Å². The fourth-order valence-corrected chi connectivity index (χ4v) is 6.80. The Labute approximate surface area is 282 Å². The van der Waals surface area contributed by atoms with Gasteiger partial charge in [-0.25, -0.2) is 4.79 Å². The number of imidazole rings is 1. The third-order valence-corrected chi connectivity index (χ3v) is 9.36. The highest BCUT2D eigenvalue weighted by molar-refractivity contribution is 7.98. The maximum Gasteiger partial charge on any atom is 0.328 e. The highest BCUT2D eigenvalue weighted by Crippen LogP contribution is 2.50. The summed E-state index contributed by atoms with van der Waals surface area (Å²) >= 11 is 1.59. The molecule has 0 unspecified atom stereocenters. The van der Waals surface area contributed by atoms with E-state index in [1.54, 1.807) is 68.9 Å². The Hall–Kier alpha value is -4.91. The number of methoxy groups -OCH3 is 3. The molecule has 4 aromatic rings. The van der Waals surface area contributed by atoms with Crippen molar-refractivity contribution in [2.24, 2.45) is 14.1 Å². The number of aromatic nitrogens is 2. The molecule has 5 rings (SSSR count). The van der Waals surface area contributed by atoms with Crippen molar-refractivity contribution in [1.82, 2.24) is 14.5 Å². The molecule has 13 heteroatoms. The van der Waals surface area contributed by atoms with E-state index in [0.29, 0.717) is 64.6 Å². The van der Waals surface area contributed by atoms with Gasteiger partial charge in [-0.1, -0.05) is 6.07 Å². The molecular formula is C35H41N5O7S. The van der Waals surface area contributed by atoms with E-state index < -0.39 is 12.1 Å².